The maximum absolute atomic E-state index is 12.4. The molecule has 2 N–H and O–H groups in total. The molecule has 0 bridgehead atoms. The Hall–Kier alpha value is -4.07. The highest BCUT2D eigenvalue weighted by atomic mass is 16.1. The maximum Gasteiger partial charge on any atom is 0.333 e. The van der Waals surface area contributed by atoms with Crippen LogP contribution in [0.15, 0.2) is 71.9 Å². The Labute approximate surface area is 152 Å². The molecule has 0 aliphatic carbocycles. The van der Waals surface area contributed by atoms with Crippen molar-refractivity contribution in [1.82, 2.24) is 29.5 Å². The average Bonchev–Trinajstić information content (AvgIpc) is 3.04. The Morgan fingerprint density at radius 1 is 0.926 bits per heavy atom. The van der Waals surface area contributed by atoms with Crippen molar-refractivity contribution < 1.29 is 0 Å². The van der Waals surface area contributed by atoms with Crippen molar-refractivity contribution in [2.24, 2.45) is 0 Å². The van der Waals surface area contributed by atoms with Crippen molar-refractivity contribution in [3.63, 3.8) is 0 Å². The summed E-state index contributed by atoms with van der Waals surface area (Å²) in [5, 5.41) is 4.17. The van der Waals surface area contributed by atoms with Crippen LogP contribution < -0.4 is 11.0 Å². The molecule has 0 aliphatic heterocycles. The van der Waals surface area contributed by atoms with Crippen molar-refractivity contribution in [3.05, 3.63) is 77.6 Å². The third-order valence-corrected chi connectivity index (χ3v) is 4.23. The van der Waals surface area contributed by atoms with Gasteiger partial charge in [0.15, 0.2) is 0 Å². The Morgan fingerprint density at radius 2 is 1.81 bits per heavy atom. The number of imidazole rings is 1. The molecule has 0 radical (unpaired) electrons. The van der Waals surface area contributed by atoms with E-state index >= 15 is 0 Å². The summed E-state index contributed by atoms with van der Waals surface area (Å²) in [5.74, 6) is 0.568. The van der Waals surface area contributed by atoms with E-state index < -0.39 is 0 Å². The topological polar surface area (TPSA) is 101 Å². The van der Waals surface area contributed by atoms with Crippen LogP contribution in [0.3, 0.4) is 0 Å². The first-order valence-corrected chi connectivity index (χ1v) is 8.29. The number of anilines is 2. The van der Waals surface area contributed by atoms with Crippen LogP contribution in [0.25, 0.3) is 27.9 Å². The first-order chi connectivity index (χ1) is 13.3. The number of rotatable bonds is 3. The highest BCUT2D eigenvalue weighted by molar-refractivity contribution is 5.91. The summed E-state index contributed by atoms with van der Waals surface area (Å²) in [5.41, 5.74) is 2.70. The van der Waals surface area contributed by atoms with Crippen LogP contribution in [0.5, 0.6) is 0 Å². The zero-order valence-corrected chi connectivity index (χ0v) is 14.0. The number of pyridine rings is 1. The molecule has 130 valence electrons. The van der Waals surface area contributed by atoms with E-state index in [-0.39, 0.29) is 11.6 Å². The number of aromatic nitrogens is 6. The van der Waals surface area contributed by atoms with Crippen molar-refractivity contribution >= 4 is 33.6 Å². The molecule has 5 rings (SSSR count). The Kier molecular flexibility index (Phi) is 3.39. The highest BCUT2D eigenvalue weighted by Crippen LogP contribution is 2.23. The second kappa shape index (κ2) is 6.03. The van der Waals surface area contributed by atoms with Gasteiger partial charge in [0.1, 0.15) is 6.33 Å². The van der Waals surface area contributed by atoms with E-state index in [1.54, 1.807) is 6.20 Å². The number of nitrogens with zero attached hydrogens (tertiary/aromatic N) is 5. The monoisotopic (exact) mass is 355 g/mol. The quantitative estimate of drug-likeness (QED) is 0.516. The van der Waals surface area contributed by atoms with Gasteiger partial charge in [-0.2, -0.15) is 4.98 Å². The zero-order chi connectivity index (χ0) is 18.2. The average molecular weight is 355 g/mol. The van der Waals surface area contributed by atoms with Gasteiger partial charge in [-0.25, -0.2) is 19.3 Å². The third kappa shape index (κ3) is 2.60. The normalized spacial score (nSPS) is 11.1. The van der Waals surface area contributed by atoms with Crippen LogP contribution in [-0.2, 0) is 0 Å². The second-order valence-corrected chi connectivity index (χ2v) is 5.90. The van der Waals surface area contributed by atoms with E-state index in [9.17, 15) is 4.79 Å². The molecule has 27 heavy (non-hydrogen) atoms. The number of fused-ring (bicyclic) bond motifs is 2. The molecule has 0 fully saturated rings. The molecular formula is C19H13N7O. The smallest absolute Gasteiger partial charge is 0.322 e. The predicted molar refractivity (Wildman–Crippen MR) is 102 cm³/mol. The molecule has 0 saturated carbocycles. The minimum absolute atomic E-state index is 0.239. The molecule has 0 spiro atoms. The summed E-state index contributed by atoms with van der Waals surface area (Å²) in [6.45, 7) is 0. The Balaban J connectivity index is 1.60. The van der Waals surface area contributed by atoms with Gasteiger partial charge in [-0.15, -0.1) is 0 Å². The molecule has 0 aliphatic rings. The summed E-state index contributed by atoms with van der Waals surface area (Å²) in [4.78, 5) is 32.3. The lowest BCUT2D eigenvalue weighted by molar-refractivity contribution is 0.887. The van der Waals surface area contributed by atoms with E-state index in [1.165, 1.54) is 10.9 Å². The van der Waals surface area contributed by atoms with Gasteiger partial charge in [0.05, 0.1) is 22.2 Å². The molecule has 3 heterocycles. The maximum atomic E-state index is 12.4. The van der Waals surface area contributed by atoms with Crippen LogP contribution in [0.2, 0.25) is 0 Å². The van der Waals surface area contributed by atoms with E-state index in [4.69, 9.17) is 0 Å². The number of nitrogens with one attached hydrogen (secondary N) is 2. The van der Waals surface area contributed by atoms with E-state index in [2.05, 4.69) is 30.2 Å². The molecule has 0 saturated heterocycles. The number of hydrogen-bond acceptors (Lipinski definition) is 6. The Morgan fingerprint density at radius 3 is 2.78 bits per heavy atom. The lowest BCUT2D eigenvalue weighted by atomic mass is 10.2. The molecule has 3 aromatic heterocycles. The number of benzene rings is 2. The molecule has 2 aromatic carbocycles. The first-order valence-electron chi connectivity index (χ1n) is 8.29. The number of hydrogen-bond donors (Lipinski definition) is 2. The molecule has 0 unspecified atom stereocenters. The van der Waals surface area contributed by atoms with Gasteiger partial charge in [0, 0.05) is 11.6 Å². The molecule has 8 nitrogen and oxygen atoms in total. The van der Waals surface area contributed by atoms with Crippen LogP contribution in [-0.4, -0.2) is 29.5 Å². The number of H-pyrrole nitrogens is 1. The van der Waals surface area contributed by atoms with Crippen molar-refractivity contribution in [3.8, 4) is 5.95 Å². The summed E-state index contributed by atoms with van der Waals surface area (Å²) >= 11 is 0. The van der Waals surface area contributed by atoms with Crippen LogP contribution in [0, 0.1) is 0 Å². The highest BCUT2D eigenvalue weighted by Gasteiger charge is 2.12. The summed E-state index contributed by atoms with van der Waals surface area (Å²) in [7, 11) is 0. The van der Waals surface area contributed by atoms with Gasteiger partial charge in [0.2, 0.25) is 11.9 Å². The largest absolute Gasteiger partial charge is 0.333 e. The van der Waals surface area contributed by atoms with Crippen molar-refractivity contribution in [1.29, 1.82) is 0 Å². The lowest BCUT2D eigenvalue weighted by Gasteiger charge is -2.08. The van der Waals surface area contributed by atoms with Gasteiger partial charge in [-0.3, -0.25) is 4.98 Å². The fourth-order valence-corrected chi connectivity index (χ4v) is 3.03. The molecule has 0 amide bonds. The van der Waals surface area contributed by atoms with Crippen molar-refractivity contribution in [2.45, 2.75) is 0 Å². The van der Waals surface area contributed by atoms with E-state index in [1.807, 2.05) is 54.6 Å². The molecule has 8 heteroatoms. The number of para-hydroxylation sites is 3. The van der Waals surface area contributed by atoms with E-state index in [0.29, 0.717) is 11.5 Å². The zero-order valence-electron chi connectivity index (χ0n) is 14.0. The molecule has 0 atom stereocenters. The standard InChI is InChI=1S/C19H13N7O/c27-19-24-13-7-1-2-9-15(13)26(19)18-22-11-21-17(25-18)23-14-8-3-5-12-6-4-10-20-16(12)14/h1-11H,(H,24,27)(H,21,22,23,25). The van der Waals surface area contributed by atoms with Crippen LogP contribution in [0.1, 0.15) is 0 Å². The Bertz CT molecular complexity index is 1330. The van der Waals surface area contributed by atoms with Gasteiger partial charge in [-0.05, 0) is 24.3 Å². The lowest BCUT2D eigenvalue weighted by Crippen LogP contribution is -2.18. The first kappa shape index (κ1) is 15.2. The predicted octanol–water partition coefficient (Wildman–Crippen LogP) is 2.80. The van der Waals surface area contributed by atoms with Gasteiger partial charge < -0.3 is 10.3 Å². The van der Waals surface area contributed by atoms with Crippen LogP contribution >= 0.6 is 0 Å². The SMILES string of the molecule is O=c1[nH]c2ccccc2n1-c1ncnc(Nc2cccc3cccnc23)n1. The van der Waals surface area contributed by atoms with Gasteiger partial charge in [-0.1, -0.05) is 30.3 Å². The summed E-state index contributed by atoms with van der Waals surface area (Å²) < 4.78 is 1.42. The second-order valence-electron chi connectivity index (χ2n) is 5.90. The fraction of sp³-hybridized carbons (Fsp3) is 0. The van der Waals surface area contributed by atoms with Gasteiger partial charge in [0.25, 0.3) is 0 Å². The molecule has 5 aromatic rings. The minimum Gasteiger partial charge on any atom is -0.322 e. The third-order valence-electron chi connectivity index (χ3n) is 4.23. The number of aromatic amines is 1. The summed E-state index contributed by atoms with van der Waals surface area (Å²) in [6.07, 6.45) is 3.11. The van der Waals surface area contributed by atoms with Gasteiger partial charge >= 0.3 is 5.69 Å². The minimum atomic E-state index is -0.305. The molecular weight excluding hydrogens is 342 g/mol. The van der Waals surface area contributed by atoms with Crippen molar-refractivity contribution in [2.75, 3.05) is 5.32 Å². The summed E-state index contributed by atoms with van der Waals surface area (Å²) in [6, 6.07) is 17.1. The van der Waals surface area contributed by atoms with E-state index in [0.717, 1.165) is 22.1 Å². The van der Waals surface area contributed by atoms with Crippen LogP contribution in [0.4, 0.5) is 11.6 Å². The fourth-order valence-electron chi connectivity index (χ4n) is 3.03.